The monoisotopic (exact) mass is 550 g/mol. The molecule has 0 aliphatic heterocycles. The molecular formula is C26H20F2N6O2S2. The van der Waals surface area contributed by atoms with Crippen LogP contribution >= 0.6 is 23.3 Å². The molecule has 12 heteroatoms. The molecule has 5 rings (SSSR count). The SMILES string of the molecule is CNCc1cncc(-c2ncnc3cc(-c4cnc(OC)c(NSc5cc(C=O)c(F)cc5F)c4)sc23)c1. The van der Waals surface area contributed by atoms with Crippen molar-refractivity contribution in [1.29, 1.82) is 0 Å². The number of thiophene rings is 1. The van der Waals surface area contributed by atoms with E-state index in [0.717, 1.165) is 55.5 Å². The van der Waals surface area contributed by atoms with Gasteiger partial charge in [-0.3, -0.25) is 9.78 Å². The number of halogens is 2. The molecule has 192 valence electrons. The summed E-state index contributed by atoms with van der Waals surface area (Å²) in [5.41, 5.74) is 4.51. The third kappa shape index (κ3) is 5.19. The summed E-state index contributed by atoms with van der Waals surface area (Å²) in [6, 6.07) is 7.63. The van der Waals surface area contributed by atoms with Gasteiger partial charge in [0.05, 0.1) is 33.5 Å². The second-order valence-corrected chi connectivity index (χ2v) is 9.97. The van der Waals surface area contributed by atoms with Crippen LogP contribution < -0.4 is 14.8 Å². The van der Waals surface area contributed by atoms with Gasteiger partial charge in [-0.15, -0.1) is 11.3 Å². The van der Waals surface area contributed by atoms with Crippen LogP contribution in [-0.2, 0) is 6.54 Å². The van der Waals surface area contributed by atoms with Crippen LogP contribution in [0.25, 0.3) is 31.9 Å². The normalized spacial score (nSPS) is 11.1. The molecule has 0 fully saturated rings. The first kappa shape index (κ1) is 25.6. The number of benzene rings is 1. The van der Waals surface area contributed by atoms with Crippen molar-refractivity contribution in [3.63, 3.8) is 0 Å². The fraction of sp³-hybridized carbons (Fsp3) is 0.115. The molecule has 0 bridgehead atoms. The maximum Gasteiger partial charge on any atom is 0.237 e. The highest BCUT2D eigenvalue weighted by molar-refractivity contribution is 8.00. The first-order valence-electron chi connectivity index (χ1n) is 11.3. The van der Waals surface area contributed by atoms with E-state index < -0.39 is 11.6 Å². The second kappa shape index (κ2) is 11.2. The molecule has 0 saturated heterocycles. The number of methoxy groups -OCH3 is 1. The number of aldehydes is 1. The Hall–Kier alpha value is -4.00. The molecule has 2 N–H and O–H groups in total. The Balaban J connectivity index is 1.48. The van der Waals surface area contributed by atoms with Crippen LogP contribution in [0.15, 0.2) is 60.1 Å². The van der Waals surface area contributed by atoms with Crippen LogP contribution in [0.1, 0.15) is 15.9 Å². The van der Waals surface area contributed by atoms with Crippen molar-refractivity contribution in [2.24, 2.45) is 0 Å². The Labute approximate surface area is 224 Å². The summed E-state index contributed by atoms with van der Waals surface area (Å²) < 4.78 is 37.2. The van der Waals surface area contributed by atoms with Gasteiger partial charge in [-0.05, 0) is 48.8 Å². The smallest absolute Gasteiger partial charge is 0.237 e. The zero-order valence-corrected chi connectivity index (χ0v) is 21.8. The van der Waals surface area contributed by atoms with Crippen molar-refractivity contribution in [3.05, 3.63) is 78.0 Å². The molecule has 0 radical (unpaired) electrons. The zero-order valence-electron chi connectivity index (χ0n) is 20.2. The highest BCUT2D eigenvalue weighted by atomic mass is 32.2. The molecule has 0 aliphatic carbocycles. The molecular weight excluding hydrogens is 530 g/mol. The molecule has 4 aromatic heterocycles. The van der Waals surface area contributed by atoms with E-state index in [1.807, 2.05) is 31.4 Å². The first-order chi connectivity index (χ1) is 18.5. The third-order valence-electron chi connectivity index (χ3n) is 5.54. The number of carbonyl (C=O) groups excluding carboxylic acids is 1. The number of aromatic nitrogens is 4. The minimum Gasteiger partial charge on any atom is -0.480 e. The average Bonchev–Trinajstić information content (AvgIpc) is 3.37. The number of fused-ring (bicyclic) bond motifs is 1. The van der Waals surface area contributed by atoms with Gasteiger partial charge in [0.25, 0.3) is 0 Å². The van der Waals surface area contributed by atoms with Gasteiger partial charge < -0.3 is 14.8 Å². The summed E-state index contributed by atoms with van der Waals surface area (Å²) in [4.78, 5) is 29.7. The fourth-order valence-electron chi connectivity index (χ4n) is 3.77. The van der Waals surface area contributed by atoms with Crippen molar-refractivity contribution in [3.8, 4) is 27.6 Å². The van der Waals surface area contributed by atoms with Crippen LogP contribution in [0, 0.1) is 11.6 Å². The maximum absolute atomic E-state index is 14.3. The van der Waals surface area contributed by atoms with Gasteiger partial charge in [0, 0.05) is 47.2 Å². The van der Waals surface area contributed by atoms with Crippen LogP contribution in [0.5, 0.6) is 5.88 Å². The van der Waals surface area contributed by atoms with E-state index in [1.165, 1.54) is 24.8 Å². The predicted molar refractivity (Wildman–Crippen MR) is 144 cm³/mol. The lowest BCUT2D eigenvalue weighted by Crippen LogP contribution is -2.05. The summed E-state index contributed by atoms with van der Waals surface area (Å²) in [5.74, 6) is -1.43. The van der Waals surface area contributed by atoms with Crippen molar-refractivity contribution in [2.45, 2.75) is 11.4 Å². The molecule has 0 aliphatic rings. The number of rotatable bonds is 9. The van der Waals surface area contributed by atoms with E-state index >= 15 is 0 Å². The lowest BCUT2D eigenvalue weighted by molar-refractivity contribution is 0.111. The van der Waals surface area contributed by atoms with E-state index in [2.05, 4.69) is 30.0 Å². The molecule has 5 aromatic rings. The molecule has 38 heavy (non-hydrogen) atoms. The summed E-state index contributed by atoms with van der Waals surface area (Å²) in [7, 11) is 3.35. The van der Waals surface area contributed by atoms with Crippen LogP contribution in [0.4, 0.5) is 14.5 Å². The minimum atomic E-state index is -0.917. The number of nitrogens with one attached hydrogen (secondary N) is 2. The maximum atomic E-state index is 14.3. The Morgan fingerprint density at radius 1 is 1.03 bits per heavy atom. The van der Waals surface area contributed by atoms with Gasteiger partial charge in [-0.1, -0.05) is 0 Å². The summed E-state index contributed by atoms with van der Waals surface area (Å²) >= 11 is 2.39. The highest BCUT2D eigenvalue weighted by Gasteiger charge is 2.16. The number of hydrogen-bond acceptors (Lipinski definition) is 10. The van der Waals surface area contributed by atoms with E-state index in [1.54, 1.807) is 12.4 Å². The van der Waals surface area contributed by atoms with E-state index in [4.69, 9.17) is 4.74 Å². The number of hydrogen-bond donors (Lipinski definition) is 2. The van der Waals surface area contributed by atoms with Gasteiger partial charge in [0.1, 0.15) is 23.6 Å². The molecule has 0 atom stereocenters. The number of pyridine rings is 2. The van der Waals surface area contributed by atoms with Gasteiger partial charge >= 0.3 is 0 Å². The number of nitrogens with zero attached hydrogens (tertiary/aromatic N) is 4. The van der Waals surface area contributed by atoms with E-state index in [9.17, 15) is 13.6 Å². The molecule has 8 nitrogen and oxygen atoms in total. The van der Waals surface area contributed by atoms with Crippen molar-refractivity contribution >= 4 is 45.5 Å². The van der Waals surface area contributed by atoms with Crippen molar-refractivity contribution < 1.29 is 18.3 Å². The number of ether oxygens (including phenoxy) is 1. The van der Waals surface area contributed by atoms with Crippen LogP contribution in [0.3, 0.4) is 0 Å². The largest absolute Gasteiger partial charge is 0.480 e. The topological polar surface area (TPSA) is 102 Å². The van der Waals surface area contributed by atoms with Gasteiger partial charge in [-0.2, -0.15) is 0 Å². The van der Waals surface area contributed by atoms with Crippen LogP contribution in [0.2, 0.25) is 0 Å². The van der Waals surface area contributed by atoms with E-state index in [0.29, 0.717) is 24.6 Å². The van der Waals surface area contributed by atoms with E-state index in [-0.39, 0.29) is 16.3 Å². The zero-order chi connectivity index (χ0) is 26.6. The minimum absolute atomic E-state index is 0.0526. The van der Waals surface area contributed by atoms with Crippen LogP contribution in [-0.4, -0.2) is 40.4 Å². The average molecular weight is 551 g/mol. The summed E-state index contributed by atoms with van der Waals surface area (Å²) in [6.07, 6.45) is 7.13. The lowest BCUT2D eigenvalue weighted by Gasteiger charge is -2.11. The van der Waals surface area contributed by atoms with Gasteiger partial charge in [-0.25, -0.2) is 23.7 Å². The second-order valence-electron chi connectivity index (χ2n) is 8.07. The first-order valence-corrected chi connectivity index (χ1v) is 12.9. The molecule has 4 heterocycles. The Kier molecular flexibility index (Phi) is 7.54. The lowest BCUT2D eigenvalue weighted by atomic mass is 10.1. The molecule has 1 aromatic carbocycles. The Morgan fingerprint density at radius 3 is 2.68 bits per heavy atom. The number of anilines is 1. The molecule has 0 unspecified atom stereocenters. The Morgan fingerprint density at radius 2 is 1.89 bits per heavy atom. The molecule has 0 spiro atoms. The molecule has 0 saturated carbocycles. The quantitative estimate of drug-likeness (QED) is 0.175. The van der Waals surface area contributed by atoms with Crippen molar-refractivity contribution in [2.75, 3.05) is 18.9 Å². The third-order valence-corrected chi connectivity index (χ3v) is 7.57. The predicted octanol–water partition coefficient (Wildman–Crippen LogP) is 5.75. The number of carbonyl (C=O) groups is 1. The summed E-state index contributed by atoms with van der Waals surface area (Å²) in [5, 5.41) is 3.12. The highest BCUT2D eigenvalue weighted by Crippen LogP contribution is 2.39. The van der Waals surface area contributed by atoms with Gasteiger partial charge in [0.15, 0.2) is 6.29 Å². The molecule has 0 amide bonds. The summed E-state index contributed by atoms with van der Waals surface area (Å²) in [6.45, 7) is 0.689. The Bertz CT molecular complexity index is 1650. The van der Waals surface area contributed by atoms with Crippen molar-refractivity contribution in [1.82, 2.24) is 25.3 Å². The standard InChI is InChI=1S/C26H20F2N6O2S2/c1-29-8-14-3-16(10-30-9-14)24-25-20(32-13-33-24)7-22(37-25)15-4-21(26(36-2)31-11-15)34-38-23-5-17(12-35)18(27)6-19(23)28/h3-7,9-13,29,34H,8H2,1-2H3. The fourth-order valence-corrected chi connectivity index (χ4v) is 5.58. The van der Waals surface area contributed by atoms with Gasteiger partial charge in [0.2, 0.25) is 5.88 Å².